The molecule has 0 bridgehead atoms. The molecule has 0 atom stereocenters. The van der Waals surface area contributed by atoms with E-state index in [0.717, 1.165) is 21.3 Å². The summed E-state index contributed by atoms with van der Waals surface area (Å²) >= 11 is 3.42. The minimum absolute atomic E-state index is 0.285. The lowest BCUT2D eigenvalue weighted by molar-refractivity contribution is -0.120. The van der Waals surface area contributed by atoms with Gasteiger partial charge < -0.3 is 5.32 Å². The van der Waals surface area contributed by atoms with Gasteiger partial charge >= 0.3 is 0 Å². The molecule has 1 aliphatic heterocycles. The van der Waals surface area contributed by atoms with Crippen LogP contribution >= 0.6 is 15.9 Å². The number of carbonyl (C=O) groups excluding carboxylic acids is 2. The zero-order chi connectivity index (χ0) is 20.5. The summed E-state index contributed by atoms with van der Waals surface area (Å²) in [5.41, 5.74) is 4.83. The van der Waals surface area contributed by atoms with Crippen LogP contribution in [-0.2, 0) is 9.59 Å². The molecule has 0 fully saturated rings. The van der Waals surface area contributed by atoms with Crippen LogP contribution in [0.25, 0.3) is 5.57 Å². The summed E-state index contributed by atoms with van der Waals surface area (Å²) in [5, 5.41) is 3.24. The summed E-state index contributed by atoms with van der Waals surface area (Å²) in [6.45, 7) is 4.00. The van der Waals surface area contributed by atoms with Gasteiger partial charge in [-0.2, -0.15) is 0 Å². The van der Waals surface area contributed by atoms with E-state index in [0.29, 0.717) is 16.8 Å². The first-order chi connectivity index (χ1) is 14.0. The first kappa shape index (κ1) is 19.2. The van der Waals surface area contributed by atoms with E-state index in [4.69, 9.17) is 0 Å². The summed E-state index contributed by atoms with van der Waals surface area (Å²) in [7, 11) is 0. The Kier molecular flexibility index (Phi) is 5.07. The van der Waals surface area contributed by atoms with Gasteiger partial charge in [0.15, 0.2) is 0 Å². The third-order valence-corrected chi connectivity index (χ3v) is 5.35. The Balaban J connectivity index is 1.84. The molecule has 4 rings (SSSR count). The Labute approximate surface area is 178 Å². The van der Waals surface area contributed by atoms with Gasteiger partial charge in [-0.1, -0.05) is 70.0 Å². The minimum Gasteiger partial charge on any atom is -0.350 e. The molecule has 1 aliphatic rings. The number of aryl methyl sites for hydroxylation is 2. The normalized spacial score (nSPS) is 14.0. The number of rotatable bonds is 4. The van der Waals surface area contributed by atoms with Crippen LogP contribution in [0, 0.1) is 13.8 Å². The number of amides is 2. The molecule has 0 spiro atoms. The Hall–Kier alpha value is -3.18. The third kappa shape index (κ3) is 3.61. The van der Waals surface area contributed by atoms with Crippen molar-refractivity contribution in [2.24, 2.45) is 0 Å². The molecule has 1 N–H and O–H groups in total. The molecule has 0 saturated heterocycles. The van der Waals surface area contributed by atoms with E-state index in [1.807, 2.05) is 68.4 Å². The molecule has 2 amide bonds. The standard InChI is InChI=1S/C24H19BrN2O2/c1-15-11-12-20(16(2)13-15)26-22-21(17-7-4-3-5-8-17)23(28)27(24(22)29)19-10-6-9-18(25)14-19/h3-14,26H,1-2H3. The largest absolute Gasteiger partial charge is 0.350 e. The highest BCUT2D eigenvalue weighted by molar-refractivity contribution is 9.10. The number of nitrogens with zero attached hydrogens (tertiary/aromatic N) is 1. The minimum atomic E-state index is -0.369. The van der Waals surface area contributed by atoms with Crippen molar-refractivity contribution in [3.05, 3.63) is 99.7 Å². The van der Waals surface area contributed by atoms with Gasteiger partial charge in [-0.15, -0.1) is 0 Å². The van der Waals surface area contributed by atoms with E-state index in [1.54, 1.807) is 18.2 Å². The molecule has 3 aromatic carbocycles. The Morgan fingerprint density at radius 2 is 1.59 bits per heavy atom. The van der Waals surface area contributed by atoms with Gasteiger partial charge in [0.2, 0.25) is 0 Å². The van der Waals surface area contributed by atoms with Gasteiger partial charge in [-0.05, 0) is 49.2 Å². The fraction of sp³-hybridized carbons (Fsp3) is 0.0833. The zero-order valence-corrected chi connectivity index (χ0v) is 17.7. The molecular formula is C24H19BrN2O2. The van der Waals surface area contributed by atoms with E-state index < -0.39 is 0 Å². The first-order valence-electron chi connectivity index (χ1n) is 9.24. The predicted molar refractivity (Wildman–Crippen MR) is 120 cm³/mol. The second-order valence-electron chi connectivity index (χ2n) is 6.98. The summed E-state index contributed by atoms with van der Waals surface area (Å²) in [4.78, 5) is 27.9. The van der Waals surface area contributed by atoms with E-state index in [2.05, 4.69) is 21.2 Å². The van der Waals surface area contributed by atoms with Crippen LogP contribution in [0.5, 0.6) is 0 Å². The van der Waals surface area contributed by atoms with Crippen molar-refractivity contribution >= 4 is 44.7 Å². The van der Waals surface area contributed by atoms with E-state index in [9.17, 15) is 9.59 Å². The number of hydrogen-bond acceptors (Lipinski definition) is 3. The van der Waals surface area contributed by atoms with Crippen molar-refractivity contribution in [1.82, 2.24) is 0 Å². The molecule has 0 unspecified atom stereocenters. The molecule has 3 aromatic rings. The smallest absolute Gasteiger partial charge is 0.282 e. The third-order valence-electron chi connectivity index (χ3n) is 4.85. The summed E-state index contributed by atoms with van der Waals surface area (Å²) in [6.07, 6.45) is 0. The molecule has 0 radical (unpaired) electrons. The highest BCUT2D eigenvalue weighted by atomic mass is 79.9. The molecule has 1 heterocycles. The fourth-order valence-corrected chi connectivity index (χ4v) is 3.84. The molecule has 0 aromatic heterocycles. The molecule has 144 valence electrons. The topological polar surface area (TPSA) is 49.4 Å². The van der Waals surface area contributed by atoms with Crippen molar-refractivity contribution in [2.45, 2.75) is 13.8 Å². The summed E-state index contributed by atoms with van der Waals surface area (Å²) in [6, 6.07) is 22.4. The summed E-state index contributed by atoms with van der Waals surface area (Å²) in [5.74, 6) is -0.710. The van der Waals surface area contributed by atoms with Crippen LogP contribution in [0.3, 0.4) is 0 Å². The van der Waals surface area contributed by atoms with Gasteiger partial charge in [-0.3, -0.25) is 9.59 Å². The van der Waals surface area contributed by atoms with Gasteiger partial charge in [0.05, 0.1) is 11.3 Å². The highest BCUT2D eigenvalue weighted by Crippen LogP contribution is 2.35. The van der Waals surface area contributed by atoms with Crippen molar-refractivity contribution < 1.29 is 9.59 Å². The molecule has 4 nitrogen and oxygen atoms in total. The number of halogens is 1. The lowest BCUT2D eigenvalue weighted by Gasteiger charge is -2.16. The fourth-order valence-electron chi connectivity index (χ4n) is 3.46. The number of benzene rings is 3. The van der Waals surface area contributed by atoms with Gasteiger partial charge in [0.25, 0.3) is 11.8 Å². The quantitative estimate of drug-likeness (QED) is 0.541. The molecule has 29 heavy (non-hydrogen) atoms. The second kappa shape index (κ2) is 7.68. The lowest BCUT2D eigenvalue weighted by atomic mass is 10.0. The maximum atomic E-state index is 13.4. The van der Waals surface area contributed by atoms with Crippen LogP contribution in [0.1, 0.15) is 16.7 Å². The van der Waals surface area contributed by atoms with Crippen molar-refractivity contribution in [1.29, 1.82) is 0 Å². The van der Waals surface area contributed by atoms with Gasteiger partial charge in [0.1, 0.15) is 5.70 Å². The Morgan fingerprint density at radius 3 is 2.28 bits per heavy atom. The Bertz CT molecular complexity index is 1150. The lowest BCUT2D eigenvalue weighted by Crippen LogP contribution is -2.32. The average molecular weight is 447 g/mol. The second-order valence-corrected chi connectivity index (χ2v) is 7.90. The monoisotopic (exact) mass is 446 g/mol. The first-order valence-corrected chi connectivity index (χ1v) is 10.0. The molecular weight excluding hydrogens is 428 g/mol. The van der Waals surface area contributed by atoms with Crippen LogP contribution < -0.4 is 10.2 Å². The van der Waals surface area contributed by atoms with E-state index in [1.165, 1.54) is 4.90 Å². The van der Waals surface area contributed by atoms with Crippen molar-refractivity contribution in [2.75, 3.05) is 10.2 Å². The van der Waals surface area contributed by atoms with Crippen LogP contribution in [0.15, 0.2) is 83.0 Å². The average Bonchev–Trinajstić information content (AvgIpc) is 2.94. The van der Waals surface area contributed by atoms with E-state index >= 15 is 0 Å². The zero-order valence-electron chi connectivity index (χ0n) is 16.1. The van der Waals surface area contributed by atoms with Gasteiger partial charge in [-0.25, -0.2) is 4.90 Å². The SMILES string of the molecule is Cc1ccc(NC2=C(c3ccccc3)C(=O)N(c3cccc(Br)c3)C2=O)c(C)c1. The van der Waals surface area contributed by atoms with Crippen LogP contribution in [0.4, 0.5) is 11.4 Å². The molecule has 0 saturated carbocycles. The molecule has 0 aliphatic carbocycles. The number of hydrogen-bond donors (Lipinski definition) is 1. The maximum Gasteiger partial charge on any atom is 0.282 e. The molecule has 5 heteroatoms. The highest BCUT2D eigenvalue weighted by Gasteiger charge is 2.40. The van der Waals surface area contributed by atoms with Crippen molar-refractivity contribution in [3.63, 3.8) is 0 Å². The number of carbonyl (C=O) groups is 2. The van der Waals surface area contributed by atoms with Crippen molar-refractivity contribution in [3.8, 4) is 0 Å². The maximum absolute atomic E-state index is 13.4. The van der Waals surface area contributed by atoms with Gasteiger partial charge in [0, 0.05) is 10.2 Å². The Morgan fingerprint density at radius 1 is 0.828 bits per heavy atom. The van der Waals surface area contributed by atoms with Crippen LogP contribution in [-0.4, -0.2) is 11.8 Å². The number of imide groups is 1. The van der Waals surface area contributed by atoms with Crippen LogP contribution in [0.2, 0.25) is 0 Å². The number of nitrogens with one attached hydrogen (secondary N) is 1. The van der Waals surface area contributed by atoms with E-state index in [-0.39, 0.29) is 17.5 Å². The predicted octanol–water partition coefficient (Wildman–Crippen LogP) is 5.46. The number of anilines is 2. The summed E-state index contributed by atoms with van der Waals surface area (Å²) < 4.78 is 0.799.